The topological polar surface area (TPSA) is 3.88 Å². The molecule has 1 rings (SSSR count). The van der Waals surface area contributed by atoms with Gasteiger partial charge in [-0.05, 0) is 6.42 Å². The molecule has 0 aliphatic rings. The molecule has 0 aliphatic carbocycles. The molecule has 0 aliphatic heterocycles. The quantitative estimate of drug-likeness (QED) is 0.389. The summed E-state index contributed by atoms with van der Waals surface area (Å²) in [4.78, 5) is 0. The number of thiazole rings is 1. The molecule has 0 saturated carbocycles. The molecule has 0 spiro atoms. The van der Waals surface area contributed by atoms with Crippen molar-refractivity contribution in [3.8, 4) is 0 Å². The maximum absolute atomic E-state index is 2.31. The van der Waals surface area contributed by atoms with E-state index in [2.05, 4.69) is 28.6 Å². The average molecular weight is 318 g/mol. The third-order valence-corrected chi connectivity index (χ3v) is 4.47. The number of aromatic nitrogens is 1. The van der Waals surface area contributed by atoms with Crippen LogP contribution in [0.5, 0.6) is 0 Å². The summed E-state index contributed by atoms with van der Waals surface area (Å²) in [5.41, 5.74) is 2.21. The van der Waals surface area contributed by atoms with E-state index in [1.165, 1.54) is 83.6 Å². The fourth-order valence-corrected chi connectivity index (χ4v) is 3.15. The third kappa shape index (κ3) is 11.7. The van der Waals surface area contributed by atoms with Gasteiger partial charge in [-0.1, -0.05) is 82.5 Å². The molecule has 1 aromatic heterocycles. The molecule has 0 unspecified atom stereocenters. The monoisotopic (exact) mass is 317 g/mol. The Bertz CT molecular complexity index is 275. The lowest BCUT2D eigenvalue weighted by Crippen LogP contribution is -3.00. The normalized spacial score (nSPS) is 10.4. The SMILES string of the molecule is CCCCCCCCCCCCCC[n+]1ccsc1.[Cl-]. The van der Waals surface area contributed by atoms with E-state index in [0.29, 0.717) is 0 Å². The van der Waals surface area contributed by atoms with Crippen LogP contribution in [0.25, 0.3) is 0 Å². The Morgan fingerprint density at radius 1 is 0.750 bits per heavy atom. The van der Waals surface area contributed by atoms with Gasteiger partial charge in [0, 0.05) is 6.42 Å². The van der Waals surface area contributed by atoms with Crippen LogP contribution in [0, 0.1) is 0 Å². The van der Waals surface area contributed by atoms with Gasteiger partial charge in [-0.15, -0.1) is 0 Å². The van der Waals surface area contributed by atoms with Crippen molar-refractivity contribution in [1.29, 1.82) is 0 Å². The zero-order valence-corrected chi connectivity index (χ0v) is 14.7. The summed E-state index contributed by atoms with van der Waals surface area (Å²) in [7, 11) is 0. The number of halogens is 1. The molecule has 0 atom stereocenters. The maximum atomic E-state index is 2.31. The molecule has 0 radical (unpaired) electrons. The lowest BCUT2D eigenvalue weighted by atomic mass is 10.1. The van der Waals surface area contributed by atoms with E-state index in [-0.39, 0.29) is 12.4 Å². The van der Waals surface area contributed by atoms with Crippen LogP contribution in [-0.4, -0.2) is 0 Å². The van der Waals surface area contributed by atoms with E-state index < -0.39 is 0 Å². The van der Waals surface area contributed by atoms with Gasteiger partial charge in [0.2, 0.25) is 5.51 Å². The second kappa shape index (κ2) is 15.3. The first-order valence-electron chi connectivity index (χ1n) is 8.34. The van der Waals surface area contributed by atoms with Crippen molar-refractivity contribution in [3.63, 3.8) is 0 Å². The second-order valence-corrected chi connectivity index (χ2v) is 6.41. The fraction of sp³-hybridized carbons (Fsp3) is 0.824. The molecule has 3 heteroatoms. The van der Waals surface area contributed by atoms with Crippen molar-refractivity contribution in [2.24, 2.45) is 0 Å². The minimum absolute atomic E-state index is 0. The molecular formula is C17H32ClNS. The smallest absolute Gasteiger partial charge is 0.224 e. The zero-order chi connectivity index (χ0) is 13.6. The van der Waals surface area contributed by atoms with Gasteiger partial charge < -0.3 is 12.4 Å². The number of nitrogens with zero attached hydrogens (tertiary/aromatic N) is 1. The predicted octanol–water partition coefficient (Wildman–Crippen LogP) is 2.74. The van der Waals surface area contributed by atoms with Gasteiger partial charge >= 0.3 is 0 Å². The first kappa shape index (κ1) is 19.9. The minimum Gasteiger partial charge on any atom is -1.00 e. The van der Waals surface area contributed by atoms with Gasteiger partial charge in [-0.2, -0.15) is 4.57 Å². The Morgan fingerprint density at radius 2 is 1.25 bits per heavy atom. The van der Waals surface area contributed by atoms with Crippen LogP contribution in [0.4, 0.5) is 0 Å². The van der Waals surface area contributed by atoms with E-state index in [1.807, 2.05) is 0 Å². The number of hydrogen-bond donors (Lipinski definition) is 0. The molecule has 20 heavy (non-hydrogen) atoms. The van der Waals surface area contributed by atoms with Crippen molar-refractivity contribution in [1.82, 2.24) is 0 Å². The Morgan fingerprint density at radius 3 is 1.70 bits per heavy atom. The first-order valence-corrected chi connectivity index (χ1v) is 9.29. The second-order valence-electron chi connectivity index (χ2n) is 5.65. The Hall–Kier alpha value is -0.0800. The van der Waals surface area contributed by atoms with Gasteiger partial charge in [-0.25, -0.2) is 0 Å². The van der Waals surface area contributed by atoms with E-state index >= 15 is 0 Å². The summed E-state index contributed by atoms with van der Waals surface area (Å²) >= 11 is 1.79. The van der Waals surface area contributed by atoms with Crippen molar-refractivity contribution in [2.45, 2.75) is 90.5 Å². The summed E-state index contributed by atoms with van der Waals surface area (Å²) in [6, 6.07) is 0. The highest BCUT2D eigenvalue weighted by atomic mass is 35.5. The van der Waals surface area contributed by atoms with Gasteiger partial charge in [0.05, 0.1) is 5.38 Å². The zero-order valence-electron chi connectivity index (χ0n) is 13.2. The molecule has 118 valence electrons. The number of hydrogen-bond acceptors (Lipinski definition) is 1. The predicted molar refractivity (Wildman–Crippen MR) is 85.6 cm³/mol. The van der Waals surface area contributed by atoms with Gasteiger partial charge in [0.15, 0.2) is 6.20 Å². The van der Waals surface area contributed by atoms with Crippen molar-refractivity contribution >= 4 is 11.3 Å². The van der Waals surface area contributed by atoms with Crippen LogP contribution in [0.1, 0.15) is 84.0 Å². The molecule has 0 saturated heterocycles. The molecule has 1 heterocycles. The van der Waals surface area contributed by atoms with Crippen LogP contribution < -0.4 is 17.0 Å². The van der Waals surface area contributed by atoms with E-state index in [0.717, 1.165) is 0 Å². The molecular weight excluding hydrogens is 286 g/mol. The Kier molecular flexibility index (Phi) is 15.3. The number of aryl methyl sites for hydroxylation is 1. The molecule has 1 nitrogen and oxygen atoms in total. The van der Waals surface area contributed by atoms with Crippen LogP contribution in [0.2, 0.25) is 0 Å². The average Bonchev–Trinajstić information content (AvgIpc) is 2.93. The highest BCUT2D eigenvalue weighted by molar-refractivity contribution is 7.07. The molecule has 0 N–H and O–H groups in total. The van der Waals surface area contributed by atoms with Crippen LogP contribution in [0.15, 0.2) is 17.1 Å². The van der Waals surface area contributed by atoms with Gasteiger partial charge in [0.1, 0.15) is 6.54 Å². The summed E-state index contributed by atoms with van der Waals surface area (Å²) in [6.07, 6.45) is 19.4. The highest BCUT2D eigenvalue weighted by Crippen LogP contribution is 2.11. The first-order chi connectivity index (χ1) is 9.43. The molecule has 0 fully saturated rings. The van der Waals surface area contributed by atoms with Crippen molar-refractivity contribution in [3.05, 3.63) is 17.1 Å². The molecule has 0 aromatic carbocycles. The number of rotatable bonds is 13. The summed E-state index contributed by atoms with van der Waals surface area (Å²) in [5.74, 6) is 0. The van der Waals surface area contributed by atoms with E-state index in [1.54, 1.807) is 11.3 Å². The maximum Gasteiger partial charge on any atom is 0.224 e. The highest BCUT2D eigenvalue weighted by Gasteiger charge is 1.99. The lowest BCUT2D eigenvalue weighted by Gasteiger charge is -2.01. The molecule has 0 bridgehead atoms. The van der Waals surface area contributed by atoms with Gasteiger partial charge in [-0.3, -0.25) is 0 Å². The van der Waals surface area contributed by atoms with Crippen LogP contribution >= 0.6 is 11.3 Å². The number of unbranched alkanes of at least 4 members (excludes halogenated alkanes) is 11. The Balaban J connectivity index is 0.00000361. The summed E-state index contributed by atoms with van der Waals surface area (Å²) < 4.78 is 2.31. The van der Waals surface area contributed by atoms with E-state index in [4.69, 9.17) is 0 Å². The lowest BCUT2D eigenvalue weighted by molar-refractivity contribution is -0.692. The molecule has 0 amide bonds. The van der Waals surface area contributed by atoms with Gasteiger partial charge in [0.25, 0.3) is 0 Å². The standard InChI is InChI=1S/C17H32NS.ClH/c1-2-3-4-5-6-7-8-9-10-11-12-13-14-18-15-16-19-17-18;/h15-17H,2-14H2,1H3;1H/q+1;/p-1. The third-order valence-electron chi connectivity index (χ3n) is 3.80. The Labute approximate surface area is 136 Å². The van der Waals surface area contributed by atoms with Crippen LogP contribution in [-0.2, 0) is 6.54 Å². The largest absolute Gasteiger partial charge is 1.00 e. The molecule has 1 aromatic rings. The van der Waals surface area contributed by atoms with Crippen molar-refractivity contribution in [2.75, 3.05) is 0 Å². The minimum atomic E-state index is 0. The van der Waals surface area contributed by atoms with Crippen molar-refractivity contribution < 1.29 is 17.0 Å². The fourth-order valence-electron chi connectivity index (χ4n) is 2.52. The summed E-state index contributed by atoms with van der Waals surface area (Å²) in [5, 5.41) is 2.15. The van der Waals surface area contributed by atoms with E-state index in [9.17, 15) is 0 Å². The van der Waals surface area contributed by atoms with Crippen LogP contribution in [0.3, 0.4) is 0 Å². The summed E-state index contributed by atoms with van der Waals surface area (Å²) in [6.45, 7) is 3.50.